The average Bonchev–Trinajstić information content (AvgIpc) is 3.11. The molecule has 1 unspecified atom stereocenters. The van der Waals surface area contributed by atoms with Crippen LogP contribution in [0.3, 0.4) is 0 Å². The zero-order chi connectivity index (χ0) is 20.8. The number of nitrogens with two attached hydrogens (primary N) is 1. The first-order valence-corrected chi connectivity index (χ1v) is 11.5. The van der Waals surface area contributed by atoms with Gasteiger partial charge in [-0.3, -0.25) is 9.69 Å². The number of carbonyl (C=O) groups is 2. The first kappa shape index (κ1) is 20.3. The molecule has 2 aliphatic rings. The van der Waals surface area contributed by atoms with E-state index in [1.54, 1.807) is 7.05 Å². The van der Waals surface area contributed by atoms with Crippen molar-refractivity contribution < 1.29 is 14.7 Å². The van der Waals surface area contributed by atoms with Crippen molar-refractivity contribution in [3.8, 4) is 0 Å². The predicted molar refractivity (Wildman–Crippen MR) is 111 cm³/mol. The molecular weight excluding hydrogens is 432 g/mol. The smallest absolute Gasteiger partial charge is 0.352 e. The van der Waals surface area contributed by atoms with Crippen LogP contribution in [0.5, 0.6) is 0 Å². The lowest BCUT2D eigenvalue weighted by molar-refractivity contribution is -0.149. The third-order valence-electron chi connectivity index (χ3n) is 4.61. The standard InChI is InChI=1S/C17H18N6O3S3/c1-9-3-5-11(6-4-9)29-17(18)14(26)23-12(13(24)25)10(7-27-15(17)23)8-28-16-19-20-21-22(16)2/h3-6,15H,7-8,18H2,1-2H3,(H,24,25)/t15?,17-/m0/s1. The van der Waals surface area contributed by atoms with E-state index in [4.69, 9.17) is 5.73 Å². The number of amides is 1. The Balaban J connectivity index is 1.56. The molecule has 1 aromatic carbocycles. The van der Waals surface area contributed by atoms with Crippen LogP contribution in [0.2, 0.25) is 0 Å². The van der Waals surface area contributed by atoms with Crippen LogP contribution in [0, 0.1) is 6.92 Å². The van der Waals surface area contributed by atoms with E-state index in [0.717, 1.165) is 10.5 Å². The van der Waals surface area contributed by atoms with E-state index in [0.29, 0.717) is 22.2 Å². The molecule has 0 aliphatic carbocycles. The van der Waals surface area contributed by atoms with E-state index in [9.17, 15) is 14.7 Å². The molecule has 29 heavy (non-hydrogen) atoms. The molecule has 152 valence electrons. The van der Waals surface area contributed by atoms with Gasteiger partial charge in [0, 0.05) is 23.4 Å². The highest BCUT2D eigenvalue weighted by atomic mass is 32.2. The van der Waals surface area contributed by atoms with Gasteiger partial charge in [0.15, 0.2) is 4.87 Å². The molecule has 2 aliphatic heterocycles. The number of hydrogen-bond acceptors (Lipinski definition) is 9. The van der Waals surface area contributed by atoms with Crippen LogP contribution in [0.4, 0.5) is 0 Å². The highest BCUT2D eigenvalue weighted by molar-refractivity contribution is 8.05. The molecule has 1 amide bonds. The number of nitrogens with zero attached hydrogens (tertiary/aromatic N) is 5. The second kappa shape index (κ2) is 7.67. The Bertz CT molecular complexity index is 1010. The van der Waals surface area contributed by atoms with Gasteiger partial charge in [0.1, 0.15) is 11.1 Å². The summed E-state index contributed by atoms with van der Waals surface area (Å²) in [6, 6.07) is 7.76. The molecule has 2 aromatic rings. The lowest BCUT2D eigenvalue weighted by atomic mass is 10.0. The number of benzene rings is 1. The summed E-state index contributed by atoms with van der Waals surface area (Å²) >= 11 is 4.09. The lowest BCUT2D eigenvalue weighted by Crippen LogP contribution is -2.76. The molecule has 1 saturated heterocycles. The fraction of sp³-hybridized carbons (Fsp3) is 0.353. The molecule has 2 atom stereocenters. The van der Waals surface area contributed by atoms with Crippen molar-refractivity contribution in [1.82, 2.24) is 25.1 Å². The van der Waals surface area contributed by atoms with Crippen molar-refractivity contribution in [3.63, 3.8) is 0 Å². The monoisotopic (exact) mass is 450 g/mol. The van der Waals surface area contributed by atoms with Gasteiger partial charge in [-0.2, -0.15) is 0 Å². The number of aliphatic carboxylic acids is 1. The molecule has 0 saturated carbocycles. The second-order valence-electron chi connectivity index (χ2n) is 6.68. The maximum Gasteiger partial charge on any atom is 0.352 e. The maximum absolute atomic E-state index is 13.0. The molecule has 12 heteroatoms. The van der Waals surface area contributed by atoms with Crippen molar-refractivity contribution >= 4 is 47.2 Å². The van der Waals surface area contributed by atoms with Crippen molar-refractivity contribution in [3.05, 3.63) is 41.1 Å². The number of rotatable bonds is 6. The van der Waals surface area contributed by atoms with Crippen molar-refractivity contribution in [2.45, 2.75) is 27.2 Å². The Labute approximate surface area is 179 Å². The first-order valence-electron chi connectivity index (χ1n) is 8.61. The molecule has 3 heterocycles. The molecule has 9 nitrogen and oxygen atoms in total. The minimum atomic E-state index is -1.19. The van der Waals surface area contributed by atoms with E-state index in [1.807, 2.05) is 31.2 Å². The minimum absolute atomic E-state index is 0.0203. The average molecular weight is 451 g/mol. The lowest BCUT2D eigenvalue weighted by Gasteiger charge is -2.54. The fourth-order valence-corrected chi connectivity index (χ4v) is 6.80. The van der Waals surface area contributed by atoms with E-state index < -0.39 is 16.2 Å². The molecule has 0 radical (unpaired) electrons. The van der Waals surface area contributed by atoms with Crippen LogP contribution >= 0.6 is 35.3 Å². The molecule has 1 fully saturated rings. The third-order valence-corrected chi connectivity index (χ3v) is 8.52. The van der Waals surface area contributed by atoms with Gasteiger partial charge in [0.2, 0.25) is 5.16 Å². The van der Waals surface area contributed by atoms with Crippen LogP contribution in [0.15, 0.2) is 45.6 Å². The van der Waals surface area contributed by atoms with E-state index in [1.165, 1.54) is 44.9 Å². The Morgan fingerprint density at radius 3 is 2.76 bits per heavy atom. The number of hydrogen-bond donors (Lipinski definition) is 2. The number of fused-ring (bicyclic) bond motifs is 1. The van der Waals surface area contributed by atoms with Crippen LogP contribution in [-0.2, 0) is 16.6 Å². The van der Waals surface area contributed by atoms with Crippen LogP contribution in [0.1, 0.15) is 5.56 Å². The summed E-state index contributed by atoms with van der Waals surface area (Å²) in [5.74, 6) is -0.665. The number of carboxylic acid groups (broad SMARTS) is 1. The Kier molecular flexibility index (Phi) is 5.36. The zero-order valence-corrected chi connectivity index (χ0v) is 18.1. The van der Waals surface area contributed by atoms with Gasteiger partial charge in [0.05, 0.1) is 0 Å². The molecule has 1 aromatic heterocycles. The summed E-state index contributed by atoms with van der Waals surface area (Å²) < 4.78 is 1.52. The third kappa shape index (κ3) is 3.54. The van der Waals surface area contributed by atoms with Crippen LogP contribution in [-0.4, -0.2) is 63.8 Å². The van der Waals surface area contributed by atoms with Crippen molar-refractivity contribution in [1.29, 1.82) is 0 Å². The maximum atomic E-state index is 13.0. The number of carboxylic acids is 1. The van der Waals surface area contributed by atoms with Gasteiger partial charge < -0.3 is 10.8 Å². The van der Waals surface area contributed by atoms with Gasteiger partial charge in [-0.15, -0.1) is 16.9 Å². The van der Waals surface area contributed by atoms with Gasteiger partial charge in [-0.1, -0.05) is 41.2 Å². The molecule has 4 rings (SSSR count). The van der Waals surface area contributed by atoms with Crippen LogP contribution in [0.25, 0.3) is 0 Å². The molecule has 0 bridgehead atoms. The topological polar surface area (TPSA) is 127 Å². The predicted octanol–water partition coefficient (Wildman–Crippen LogP) is 1.31. The number of aryl methyl sites for hydroxylation is 2. The van der Waals surface area contributed by atoms with Gasteiger partial charge in [-0.25, -0.2) is 9.48 Å². The number of carbonyl (C=O) groups excluding carboxylic acids is 1. The van der Waals surface area contributed by atoms with Crippen LogP contribution < -0.4 is 5.73 Å². The summed E-state index contributed by atoms with van der Waals surface area (Å²) in [6.07, 6.45) is 0. The summed E-state index contributed by atoms with van der Waals surface area (Å²) in [4.78, 5) is 25.9. The molecule has 3 N–H and O–H groups in total. The van der Waals surface area contributed by atoms with Gasteiger partial charge in [0.25, 0.3) is 5.91 Å². The minimum Gasteiger partial charge on any atom is -0.477 e. The van der Waals surface area contributed by atoms with E-state index in [-0.39, 0.29) is 11.6 Å². The summed E-state index contributed by atoms with van der Waals surface area (Å²) in [5, 5.41) is 21.2. The van der Waals surface area contributed by atoms with Crippen molar-refractivity contribution in [2.24, 2.45) is 12.8 Å². The first-order chi connectivity index (χ1) is 13.8. The highest BCUT2D eigenvalue weighted by Crippen LogP contribution is 2.52. The number of β-lactam (4-membered cyclic amide) rings is 1. The summed E-state index contributed by atoms with van der Waals surface area (Å²) in [5.41, 5.74) is 8.24. The molecular formula is C17H18N6O3S3. The fourth-order valence-electron chi connectivity index (χ4n) is 3.12. The van der Waals surface area contributed by atoms with Gasteiger partial charge in [-0.05, 0) is 35.1 Å². The quantitative estimate of drug-likeness (QED) is 0.378. The summed E-state index contributed by atoms with van der Waals surface area (Å²) in [7, 11) is 1.71. The highest BCUT2D eigenvalue weighted by Gasteiger charge is 2.63. The Hall–Kier alpha value is -2.02. The SMILES string of the molecule is Cc1ccc(S[C@@]2(N)C(=O)N3C(C(=O)O)=C(CSc4nnnn4C)CSC32)cc1. The normalized spacial score (nSPS) is 23.8. The van der Waals surface area contributed by atoms with E-state index >= 15 is 0 Å². The second-order valence-corrected chi connectivity index (χ2v) is 10.0. The van der Waals surface area contributed by atoms with E-state index in [2.05, 4.69) is 15.5 Å². The van der Waals surface area contributed by atoms with Gasteiger partial charge >= 0.3 is 5.97 Å². The summed E-state index contributed by atoms with van der Waals surface area (Å²) in [6.45, 7) is 1.99. The van der Waals surface area contributed by atoms with Crippen molar-refractivity contribution in [2.75, 3.05) is 11.5 Å². The number of aromatic nitrogens is 4. The largest absolute Gasteiger partial charge is 0.477 e. The Morgan fingerprint density at radius 1 is 1.41 bits per heavy atom. The number of tetrazole rings is 1. The number of thioether (sulfide) groups is 3. The molecule has 0 spiro atoms. The Morgan fingerprint density at radius 2 is 2.14 bits per heavy atom. The zero-order valence-electron chi connectivity index (χ0n) is 15.6.